The van der Waals surface area contributed by atoms with Crippen LogP contribution in [0.1, 0.15) is 13.3 Å². The third-order valence-corrected chi connectivity index (χ3v) is 3.93. The van der Waals surface area contributed by atoms with Crippen LogP contribution in [0.2, 0.25) is 0 Å². The van der Waals surface area contributed by atoms with Crippen molar-refractivity contribution in [3.05, 3.63) is 5.21 Å². The number of hydroxylamine groups is 2. The number of nitrogens with one attached hydrogen (secondary N) is 1. The van der Waals surface area contributed by atoms with Crippen LogP contribution in [0.15, 0.2) is 0 Å². The Labute approximate surface area is 82.9 Å². The summed E-state index contributed by atoms with van der Waals surface area (Å²) in [5.74, 6) is 0. The molecule has 0 aromatic rings. The number of quaternary nitrogens is 1. The van der Waals surface area contributed by atoms with Crippen LogP contribution in [0.25, 0.3) is 0 Å². The zero-order valence-corrected chi connectivity index (χ0v) is 9.44. The number of hydrogen-bond acceptors (Lipinski definition) is 2. The van der Waals surface area contributed by atoms with Gasteiger partial charge >= 0.3 is 0 Å². The summed E-state index contributed by atoms with van der Waals surface area (Å²) in [7, 11) is 0. The smallest absolute Gasteiger partial charge is 0.198 e. The minimum atomic E-state index is -0.395. The van der Waals surface area contributed by atoms with Gasteiger partial charge in [0.1, 0.15) is 4.51 Å². The first-order valence-electron chi connectivity index (χ1n) is 3.50. The van der Waals surface area contributed by atoms with Crippen molar-refractivity contribution in [1.82, 2.24) is 0 Å². The Morgan fingerprint density at radius 1 is 1.82 bits per heavy atom. The number of alkyl halides is 2. The first-order valence-corrected chi connectivity index (χ1v) is 5.42. The van der Waals surface area contributed by atoms with Crippen molar-refractivity contribution < 1.29 is 9.80 Å². The summed E-state index contributed by atoms with van der Waals surface area (Å²) in [5, 5.41) is 11.8. The lowest BCUT2D eigenvalue weighted by Gasteiger charge is -2.42. The molecule has 3 nitrogen and oxygen atoms in total. The Kier molecular flexibility index (Phi) is 3.34. The molecule has 0 amide bonds. The van der Waals surface area contributed by atoms with Crippen LogP contribution >= 0.6 is 31.9 Å². The Balaban J connectivity index is 2.29. The highest BCUT2D eigenvalue weighted by Gasteiger charge is 2.34. The van der Waals surface area contributed by atoms with E-state index in [-0.39, 0.29) is 11.3 Å². The fraction of sp³-hybridized carbons (Fsp3) is 1.00. The van der Waals surface area contributed by atoms with Gasteiger partial charge in [-0.25, -0.2) is 0 Å². The molecule has 3 atom stereocenters. The summed E-state index contributed by atoms with van der Waals surface area (Å²) < 4.78 is 5.06. The second kappa shape index (κ2) is 3.70. The second-order valence-electron chi connectivity index (χ2n) is 2.85. The summed E-state index contributed by atoms with van der Waals surface area (Å²) in [5.41, 5.74) is 0. The molecule has 0 spiro atoms. The topological polar surface area (TPSA) is 36.7 Å². The standard InChI is InChI=1S/C6H11Br2NO2/c1-6(8,4-7)11-5-2-3-9(5)10/h5,9H,2-4H2,1H3. The van der Waals surface area contributed by atoms with Crippen molar-refractivity contribution in [3.63, 3.8) is 0 Å². The van der Waals surface area contributed by atoms with E-state index in [2.05, 4.69) is 31.9 Å². The Morgan fingerprint density at radius 3 is 2.73 bits per heavy atom. The van der Waals surface area contributed by atoms with Gasteiger partial charge in [-0.05, 0) is 6.92 Å². The van der Waals surface area contributed by atoms with E-state index in [1.165, 1.54) is 0 Å². The molecule has 0 saturated carbocycles. The molecule has 1 rings (SSSR count). The number of rotatable bonds is 3. The molecule has 0 radical (unpaired) electrons. The van der Waals surface area contributed by atoms with Crippen molar-refractivity contribution in [3.8, 4) is 0 Å². The minimum absolute atomic E-state index is 0.170. The van der Waals surface area contributed by atoms with E-state index in [9.17, 15) is 5.21 Å². The lowest BCUT2D eigenvalue weighted by Crippen LogP contribution is -3.18. The maximum atomic E-state index is 10.9. The van der Waals surface area contributed by atoms with Gasteiger partial charge in [-0.1, -0.05) is 31.9 Å². The minimum Gasteiger partial charge on any atom is -0.632 e. The lowest BCUT2D eigenvalue weighted by atomic mass is 10.2. The number of hydrogen-bond donors (Lipinski definition) is 1. The van der Waals surface area contributed by atoms with Gasteiger partial charge in [-0.2, -0.15) is 0 Å². The molecule has 1 N–H and O–H groups in total. The number of halogens is 2. The van der Waals surface area contributed by atoms with E-state index in [1.54, 1.807) is 0 Å². The van der Waals surface area contributed by atoms with Crippen LogP contribution in [0.3, 0.4) is 0 Å². The molecule has 3 unspecified atom stereocenters. The lowest BCUT2D eigenvalue weighted by molar-refractivity contribution is -0.948. The summed E-state index contributed by atoms with van der Waals surface area (Å²) in [4.78, 5) is 0. The van der Waals surface area contributed by atoms with Gasteiger partial charge in [0.2, 0.25) is 0 Å². The van der Waals surface area contributed by atoms with E-state index in [0.29, 0.717) is 11.9 Å². The molecule has 0 aromatic heterocycles. The zero-order chi connectivity index (χ0) is 8.48. The van der Waals surface area contributed by atoms with Gasteiger partial charge in [-0.3, -0.25) is 0 Å². The monoisotopic (exact) mass is 287 g/mol. The van der Waals surface area contributed by atoms with E-state index in [4.69, 9.17) is 4.74 Å². The van der Waals surface area contributed by atoms with Crippen LogP contribution in [0, 0.1) is 5.21 Å². The van der Waals surface area contributed by atoms with E-state index < -0.39 is 4.51 Å². The Bertz CT molecular complexity index is 143. The maximum Gasteiger partial charge on any atom is 0.198 e. The van der Waals surface area contributed by atoms with E-state index in [1.807, 2.05) is 6.92 Å². The first-order chi connectivity index (χ1) is 5.05. The van der Waals surface area contributed by atoms with Crippen molar-refractivity contribution in [1.29, 1.82) is 0 Å². The average molecular weight is 289 g/mol. The fourth-order valence-electron chi connectivity index (χ4n) is 0.833. The quantitative estimate of drug-likeness (QED) is 0.611. The van der Waals surface area contributed by atoms with Gasteiger partial charge in [0.15, 0.2) is 6.23 Å². The molecule has 1 aliphatic rings. The average Bonchev–Trinajstić information content (AvgIpc) is 1.98. The van der Waals surface area contributed by atoms with Crippen LogP contribution in [0.4, 0.5) is 0 Å². The van der Waals surface area contributed by atoms with Crippen molar-refractivity contribution in [2.45, 2.75) is 24.1 Å². The van der Waals surface area contributed by atoms with Crippen LogP contribution in [-0.2, 0) is 4.74 Å². The third kappa shape index (κ3) is 2.66. The van der Waals surface area contributed by atoms with Crippen molar-refractivity contribution in [2.75, 3.05) is 11.9 Å². The third-order valence-electron chi connectivity index (χ3n) is 1.64. The van der Waals surface area contributed by atoms with Gasteiger partial charge in [0.05, 0.1) is 13.0 Å². The highest BCUT2D eigenvalue weighted by atomic mass is 79.9. The summed E-state index contributed by atoms with van der Waals surface area (Å²) >= 11 is 6.65. The van der Waals surface area contributed by atoms with E-state index in [0.717, 1.165) is 6.42 Å². The summed E-state index contributed by atoms with van der Waals surface area (Å²) in [6, 6.07) is 0. The molecule has 0 aliphatic carbocycles. The highest BCUT2D eigenvalue weighted by Crippen LogP contribution is 2.23. The summed E-state index contributed by atoms with van der Waals surface area (Å²) in [6.45, 7) is 2.57. The number of ether oxygens (including phenoxy) is 1. The van der Waals surface area contributed by atoms with Crippen molar-refractivity contribution >= 4 is 31.9 Å². The van der Waals surface area contributed by atoms with Crippen LogP contribution in [0.5, 0.6) is 0 Å². The molecule has 66 valence electrons. The largest absolute Gasteiger partial charge is 0.632 e. The molecular weight excluding hydrogens is 278 g/mol. The molecule has 1 fully saturated rings. The maximum absolute atomic E-state index is 10.9. The molecule has 0 bridgehead atoms. The van der Waals surface area contributed by atoms with Gasteiger partial charge < -0.3 is 15.0 Å². The first kappa shape index (κ1) is 9.92. The summed E-state index contributed by atoms with van der Waals surface area (Å²) in [6.07, 6.45) is 0.699. The van der Waals surface area contributed by atoms with E-state index >= 15 is 0 Å². The second-order valence-corrected chi connectivity index (χ2v) is 5.09. The predicted octanol–water partition coefficient (Wildman–Crippen LogP) is 0.621. The van der Waals surface area contributed by atoms with Gasteiger partial charge in [0.25, 0.3) is 0 Å². The van der Waals surface area contributed by atoms with Crippen LogP contribution < -0.4 is 5.06 Å². The fourth-order valence-corrected chi connectivity index (χ4v) is 1.19. The molecule has 1 saturated heterocycles. The molecule has 5 heteroatoms. The molecule has 11 heavy (non-hydrogen) atoms. The normalized spacial score (nSPS) is 36.0. The van der Waals surface area contributed by atoms with Gasteiger partial charge in [-0.15, -0.1) is 0 Å². The predicted molar refractivity (Wildman–Crippen MR) is 49.8 cm³/mol. The highest BCUT2D eigenvalue weighted by molar-refractivity contribution is 9.12. The molecule has 1 aliphatic heterocycles. The zero-order valence-electron chi connectivity index (χ0n) is 6.27. The molecule has 0 aromatic carbocycles. The Morgan fingerprint density at radius 2 is 2.45 bits per heavy atom. The van der Waals surface area contributed by atoms with Crippen LogP contribution in [-0.4, -0.2) is 22.6 Å². The van der Waals surface area contributed by atoms with Crippen molar-refractivity contribution in [2.24, 2.45) is 0 Å². The van der Waals surface area contributed by atoms with Gasteiger partial charge in [0, 0.05) is 5.33 Å². The molecular formula is C6H11Br2NO2. The SMILES string of the molecule is CC(Br)(CBr)OC1CC[NH+]1[O-]. The Hall–Kier alpha value is 0.840. The molecule has 1 heterocycles.